The molecule has 0 radical (unpaired) electrons. The van der Waals surface area contributed by atoms with Gasteiger partial charge in [-0.25, -0.2) is 5.01 Å². The maximum Gasteiger partial charge on any atom is 0.416 e. The Balaban J connectivity index is 1.33. The SMILES string of the molecule is COC1=NN2CC(=NC=C2C#Cc2cc(C(=O)Nc3ccc(CN4CCN(C)CC4)c(C(F)(F)F)c3)cnc2C)C=C1. The third-order valence-electron chi connectivity index (χ3n) is 7.13. The number of hydrogen-bond donors (Lipinski definition) is 1. The summed E-state index contributed by atoms with van der Waals surface area (Å²) in [7, 11) is 3.52. The Hall–Kier alpha value is -4.47. The van der Waals surface area contributed by atoms with Gasteiger partial charge >= 0.3 is 6.18 Å². The van der Waals surface area contributed by atoms with Crippen LogP contribution in [0.1, 0.15) is 32.7 Å². The largest absolute Gasteiger partial charge is 0.480 e. The third-order valence-corrected chi connectivity index (χ3v) is 7.13. The molecule has 3 aliphatic rings. The number of aromatic nitrogens is 1. The minimum Gasteiger partial charge on any atom is -0.480 e. The average molecular weight is 578 g/mol. The molecule has 42 heavy (non-hydrogen) atoms. The minimum atomic E-state index is -4.56. The fraction of sp³-hybridized carbons (Fsp3) is 0.333. The molecule has 12 heteroatoms. The molecule has 2 bridgehead atoms. The van der Waals surface area contributed by atoms with Gasteiger partial charge in [-0.05, 0) is 49.7 Å². The van der Waals surface area contributed by atoms with Crippen LogP contribution in [0.2, 0.25) is 0 Å². The number of likely N-dealkylation sites (N-methyl/N-ethyl adjacent to an activating group) is 1. The van der Waals surface area contributed by atoms with Gasteiger partial charge in [0.2, 0.25) is 5.90 Å². The summed E-state index contributed by atoms with van der Waals surface area (Å²) >= 11 is 0. The number of allylic oxidation sites excluding steroid dienone is 1. The number of fused-ring (bicyclic) bond motifs is 2. The molecule has 1 aromatic carbocycles. The summed E-state index contributed by atoms with van der Waals surface area (Å²) < 4.78 is 47.2. The van der Waals surface area contributed by atoms with E-state index >= 15 is 0 Å². The normalized spacial score (nSPS) is 17.4. The van der Waals surface area contributed by atoms with Crippen LogP contribution in [0.15, 0.2) is 64.6 Å². The molecule has 218 valence electrons. The van der Waals surface area contributed by atoms with Gasteiger partial charge in [0, 0.05) is 56.2 Å². The molecule has 1 fully saturated rings. The van der Waals surface area contributed by atoms with Gasteiger partial charge in [0.1, 0.15) is 5.70 Å². The van der Waals surface area contributed by atoms with E-state index in [0.29, 0.717) is 42.5 Å². The Bertz CT molecular complexity index is 1560. The number of ether oxygens (including phenoxy) is 1. The van der Waals surface area contributed by atoms with Crippen molar-refractivity contribution < 1.29 is 22.7 Å². The van der Waals surface area contributed by atoms with Gasteiger partial charge < -0.3 is 15.0 Å². The van der Waals surface area contributed by atoms with Gasteiger partial charge in [0.05, 0.1) is 42.4 Å². The predicted molar refractivity (Wildman–Crippen MR) is 154 cm³/mol. The van der Waals surface area contributed by atoms with E-state index in [2.05, 4.69) is 37.1 Å². The topological polar surface area (TPSA) is 85.7 Å². The molecule has 0 unspecified atom stereocenters. The molecule has 9 nitrogen and oxygen atoms in total. The quantitative estimate of drug-likeness (QED) is 0.556. The first-order valence-electron chi connectivity index (χ1n) is 13.3. The maximum atomic E-state index is 14.0. The number of hydrazone groups is 1. The molecule has 0 atom stereocenters. The molecule has 3 aliphatic heterocycles. The van der Waals surface area contributed by atoms with Crippen molar-refractivity contribution >= 4 is 23.2 Å². The van der Waals surface area contributed by atoms with Crippen molar-refractivity contribution in [1.29, 1.82) is 0 Å². The van der Waals surface area contributed by atoms with Crippen molar-refractivity contribution in [3.63, 3.8) is 0 Å². The van der Waals surface area contributed by atoms with E-state index in [1.807, 2.05) is 18.0 Å². The van der Waals surface area contributed by atoms with Crippen LogP contribution < -0.4 is 5.32 Å². The lowest BCUT2D eigenvalue weighted by molar-refractivity contribution is -0.138. The van der Waals surface area contributed by atoms with Gasteiger partial charge in [-0.1, -0.05) is 12.0 Å². The van der Waals surface area contributed by atoms with Crippen LogP contribution in [0.4, 0.5) is 18.9 Å². The highest BCUT2D eigenvalue weighted by Crippen LogP contribution is 2.34. The van der Waals surface area contributed by atoms with Crippen LogP contribution in [-0.4, -0.2) is 84.2 Å². The van der Waals surface area contributed by atoms with E-state index in [1.165, 1.54) is 25.4 Å². The maximum absolute atomic E-state index is 14.0. The summed E-state index contributed by atoms with van der Waals surface area (Å²) in [6, 6.07) is 5.47. The molecule has 1 N–H and O–H groups in total. The molecule has 5 rings (SSSR count). The summed E-state index contributed by atoms with van der Waals surface area (Å²) in [5.74, 6) is 5.86. The zero-order valence-corrected chi connectivity index (χ0v) is 23.5. The first kappa shape index (κ1) is 29.0. The molecule has 0 saturated carbocycles. The van der Waals surface area contributed by atoms with Crippen molar-refractivity contribution in [1.82, 2.24) is 19.8 Å². The van der Waals surface area contributed by atoms with Crippen molar-refractivity contribution in [2.45, 2.75) is 19.6 Å². The summed E-state index contributed by atoms with van der Waals surface area (Å²) in [4.78, 5) is 25.9. The van der Waals surface area contributed by atoms with Crippen LogP contribution in [0.3, 0.4) is 0 Å². The lowest BCUT2D eigenvalue weighted by atomic mass is 10.0. The van der Waals surface area contributed by atoms with Crippen LogP contribution >= 0.6 is 0 Å². The van der Waals surface area contributed by atoms with Crippen LogP contribution in [-0.2, 0) is 17.5 Å². The Morgan fingerprint density at radius 1 is 1.12 bits per heavy atom. The number of halogens is 3. The first-order chi connectivity index (χ1) is 20.1. The number of alkyl halides is 3. The van der Waals surface area contributed by atoms with Crippen LogP contribution in [0.5, 0.6) is 0 Å². The second-order valence-electron chi connectivity index (χ2n) is 10.2. The molecular formula is C30H30F3N7O2. The Morgan fingerprint density at radius 2 is 1.90 bits per heavy atom. The number of benzene rings is 1. The van der Waals surface area contributed by atoms with E-state index in [-0.39, 0.29) is 23.4 Å². The summed E-state index contributed by atoms with van der Waals surface area (Å²) in [6.07, 6.45) is 1.94. The van der Waals surface area contributed by atoms with Crippen molar-refractivity contribution in [2.24, 2.45) is 10.1 Å². The Kier molecular flexibility index (Phi) is 8.42. The van der Waals surface area contributed by atoms with E-state index in [1.54, 1.807) is 30.3 Å². The zero-order chi connectivity index (χ0) is 29.9. The number of rotatable bonds is 4. The van der Waals surface area contributed by atoms with Crippen LogP contribution in [0, 0.1) is 18.8 Å². The van der Waals surface area contributed by atoms with Gasteiger partial charge in [0.25, 0.3) is 5.91 Å². The summed E-state index contributed by atoms with van der Waals surface area (Å²) in [5, 5.41) is 8.66. The molecule has 1 amide bonds. The molecule has 0 aliphatic carbocycles. The molecular weight excluding hydrogens is 547 g/mol. The number of pyridine rings is 1. The highest BCUT2D eigenvalue weighted by atomic mass is 19.4. The lowest BCUT2D eigenvalue weighted by Crippen LogP contribution is -2.44. The van der Waals surface area contributed by atoms with Gasteiger partial charge in [-0.2, -0.15) is 13.2 Å². The molecule has 1 aromatic heterocycles. The van der Waals surface area contributed by atoms with E-state index < -0.39 is 17.6 Å². The number of amides is 1. The van der Waals surface area contributed by atoms with E-state index in [4.69, 9.17) is 4.74 Å². The number of hydrogen-bond acceptors (Lipinski definition) is 8. The first-order valence-corrected chi connectivity index (χ1v) is 13.3. The summed E-state index contributed by atoms with van der Waals surface area (Å²) in [6.45, 7) is 5.37. The highest BCUT2D eigenvalue weighted by molar-refractivity contribution is 6.05. The average Bonchev–Trinajstić information content (AvgIpc) is 3.13. The van der Waals surface area contributed by atoms with Gasteiger partial charge in [-0.3, -0.25) is 19.7 Å². The zero-order valence-electron chi connectivity index (χ0n) is 23.5. The lowest BCUT2D eigenvalue weighted by Gasteiger charge is -2.33. The molecule has 0 spiro atoms. The number of nitrogens with one attached hydrogen (secondary N) is 1. The number of anilines is 1. The number of aliphatic imine (C=N–C) groups is 1. The predicted octanol–water partition coefficient (Wildman–Crippen LogP) is 3.89. The summed E-state index contributed by atoms with van der Waals surface area (Å²) in [5.41, 5.74) is 2.03. The molecule has 4 heterocycles. The number of carbonyl (C=O) groups is 1. The smallest absolute Gasteiger partial charge is 0.416 e. The second-order valence-corrected chi connectivity index (χ2v) is 10.2. The Labute approximate surface area is 242 Å². The highest BCUT2D eigenvalue weighted by Gasteiger charge is 2.34. The van der Waals surface area contributed by atoms with Gasteiger partial charge in [-0.15, -0.1) is 5.10 Å². The second kappa shape index (κ2) is 12.2. The third kappa shape index (κ3) is 6.87. The van der Waals surface area contributed by atoms with Crippen LogP contribution in [0.25, 0.3) is 0 Å². The van der Waals surface area contributed by atoms with E-state index in [0.717, 1.165) is 24.9 Å². The number of nitrogens with zero attached hydrogens (tertiary/aromatic N) is 6. The Morgan fingerprint density at radius 3 is 2.64 bits per heavy atom. The monoisotopic (exact) mass is 577 g/mol. The minimum absolute atomic E-state index is 0.0465. The molecule has 2 aromatic rings. The van der Waals surface area contributed by atoms with Crippen molar-refractivity contribution in [3.05, 3.63) is 82.5 Å². The number of carbonyl (C=O) groups excluding carboxylic acids is 1. The van der Waals surface area contributed by atoms with Gasteiger partial charge in [0.15, 0.2) is 0 Å². The van der Waals surface area contributed by atoms with Crippen molar-refractivity contribution in [3.8, 4) is 11.8 Å². The van der Waals surface area contributed by atoms with Crippen molar-refractivity contribution in [2.75, 3.05) is 52.2 Å². The fourth-order valence-corrected chi connectivity index (χ4v) is 4.62. The number of methoxy groups -OCH3 is 1. The van der Waals surface area contributed by atoms with E-state index in [9.17, 15) is 18.0 Å². The fourth-order valence-electron chi connectivity index (χ4n) is 4.62. The number of piperazine rings is 1. The number of aryl methyl sites for hydroxylation is 1. The molecule has 1 saturated heterocycles. The standard InChI is InChI=1S/C30H30F3N7O2/c1-20-21(5-8-26-17-35-25-7-9-28(42-3)37-40(26)19-25)14-23(16-34-20)29(41)36-24-6-4-22(27(15-24)30(31,32)33)18-39-12-10-38(2)11-13-39/h4,6-7,9,14-17H,10-13,18-19H2,1-3H3,(H,36,41).